The molecule has 1 rings (SSSR count). The highest BCUT2D eigenvalue weighted by Gasteiger charge is 2.17. The quantitative estimate of drug-likeness (QED) is 0.823. The molecule has 0 spiro atoms. The van der Waals surface area contributed by atoms with Gasteiger partial charge in [0.15, 0.2) is 9.84 Å². The van der Waals surface area contributed by atoms with Crippen molar-refractivity contribution in [3.05, 3.63) is 29.8 Å². The largest absolute Gasteiger partial charge is 0.393 e. The maximum Gasteiger partial charge on any atom is 0.253 e. The van der Waals surface area contributed by atoms with Gasteiger partial charge in [-0.05, 0) is 18.2 Å². The summed E-state index contributed by atoms with van der Waals surface area (Å²) in [7, 11) is -1.70. The number of rotatable bonds is 5. The summed E-state index contributed by atoms with van der Waals surface area (Å²) >= 11 is 4.87. The van der Waals surface area contributed by atoms with Crippen molar-refractivity contribution >= 4 is 33.0 Å². The molecule has 1 amide bonds. The van der Waals surface area contributed by atoms with Crippen molar-refractivity contribution in [1.82, 2.24) is 4.90 Å². The zero-order chi connectivity index (χ0) is 15.5. The number of hydrogen-bond acceptors (Lipinski definition) is 4. The van der Waals surface area contributed by atoms with Crippen molar-refractivity contribution in [2.75, 3.05) is 19.8 Å². The average molecular weight is 314 g/mol. The number of nitrogens with zero attached hydrogens (tertiary/aromatic N) is 1. The van der Waals surface area contributed by atoms with E-state index < -0.39 is 9.84 Å². The molecule has 20 heavy (non-hydrogen) atoms. The minimum atomic E-state index is -3.33. The molecule has 1 atom stereocenters. The highest BCUT2D eigenvalue weighted by Crippen LogP contribution is 2.13. The fourth-order valence-electron chi connectivity index (χ4n) is 1.66. The molecule has 0 aliphatic rings. The molecule has 1 aromatic rings. The zero-order valence-corrected chi connectivity index (χ0v) is 13.3. The molecular formula is C13H18N2O3S2. The van der Waals surface area contributed by atoms with E-state index in [1.54, 1.807) is 19.2 Å². The standard InChI is InChI=1S/C13H18N2O3S2/c1-9(12(14)19)8-15(2)13(16)10-5-4-6-11(7-10)20(3,17)18/h4-7,9H,8H2,1-3H3,(H2,14,19). The van der Waals surface area contributed by atoms with E-state index >= 15 is 0 Å². The molecule has 5 nitrogen and oxygen atoms in total. The van der Waals surface area contributed by atoms with Crippen LogP contribution in [0.4, 0.5) is 0 Å². The fraction of sp³-hybridized carbons (Fsp3) is 0.385. The highest BCUT2D eigenvalue weighted by atomic mass is 32.2. The second-order valence-corrected chi connectivity index (χ2v) is 7.28. The third-order valence-electron chi connectivity index (χ3n) is 2.89. The van der Waals surface area contributed by atoms with Crippen LogP contribution in [-0.4, -0.2) is 44.1 Å². The topological polar surface area (TPSA) is 80.5 Å². The molecule has 0 saturated carbocycles. The van der Waals surface area contributed by atoms with E-state index in [1.165, 1.54) is 17.0 Å². The minimum Gasteiger partial charge on any atom is -0.393 e. The minimum absolute atomic E-state index is 0.1000. The lowest BCUT2D eigenvalue weighted by atomic mass is 10.1. The van der Waals surface area contributed by atoms with Crippen LogP contribution in [0.25, 0.3) is 0 Å². The summed E-state index contributed by atoms with van der Waals surface area (Å²) in [6, 6.07) is 5.97. The van der Waals surface area contributed by atoms with Gasteiger partial charge < -0.3 is 10.6 Å². The summed E-state index contributed by atoms with van der Waals surface area (Å²) in [5.74, 6) is -0.365. The Balaban J connectivity index is 2.95. The van der Waals surface area contributed by atoms with Gasteiger partial charge in [0, 0.05) is 31.3 Å². The first-order valence-electron chi connectivity index (χ1n) is 5.98. The monoisotopic (exact) mass is 314 g/mol. The van der Waals surface area contributed by atoms with Gasteiger partial charge in [0.05, 0.1) is 9.88 Å². The molecule has 0 aliphatic carbocycles. The predicted molar refractivity (Wildman–Crippen MR) is 82.5 cm³/mol. The number of carbonyl (C=O) groups is 1. The molecule has 1 aromatic carbocycles. The van der Waals surface area contributed by atoms with Gasteiger partial charge in [-0.3, -0.25) is 4.79 Å². The number of carbonyl (C=O) groups excluding carboxylic acids is 1. The molecule has 0 fully saturated rings. The van der Waals surface area contributed by atoms with Crippen molar-refractivity contribution < 1.29 is 13.2 Å². The highest BCUT2D eigenvalue weighted by molar-refractivity contribution is 7.90. The van der Waals surface area contributed by atoms with Crippen LogP contribution < -0.4 is 5.73 Å². The third kappa shape index (κ3) is 4.28. The first-order chi connectivity index (χ1) is 9.12. The van der Waals surface area contributed by atoms with Gasteiger partial charge in [-0.1, -0.05) is 25.2 Å². The number of amides is 1. The second kappa shape index (κ2) is 6.32. The van der Waals surface area contributed by atoms with Crippen LogP contribution in [-0.2, 0) is 9.84 Å². The first-order valence-corrected chi connectivity index (χ1v) is 8.27. The van der Waals surface area contributed by atoms with Crippen molar-refractivity contribution in [3.63, 3.8) is 0 Å². The number of thiocarbonyl (C=S) groups is 1. The Morgan fingerprint density at radius 1 is 1.45 bits per heavy atom. The van der Waals surface area contributed by atoms with Crippen molar-refractivity contribution in [3.8, 4) is 0 Å². The molecule has 0 heterocycles. The molecule has 0 radical (unpaired) electrons. The van der Waals surface area contributed by atoms with E-state index in [9.17, 15) is 13.2 Å². The van der Waals surface area contributed by atoms with Crippen LogP contribution in [0.2, 0.25) is 0 Å². The predicted octanol–water partition coefficient (Wildman–Crippen LogP) is 1.08. The van der Waals surface area contributed by atoms with Gasteiger partial charge in [0.25, 0.3) is 5.91 Å². The summed E-state index contributed by atoms with van der Waals surface area (Å²) in [5.41, 5.74) is 5.84. The van der Waals surface area contributed by atoms with Gasteiger partial charge >= 0.3 is 0 Å². The molecule has 1 unspecified atom stereocenters. The van der Waals surface area contributed by atoms with Gasteiger partial charge in [-0.2, -0.15) is 0 Å². The molecule has 110 valence electrons. The van der Waals surface area contributed by atoms with Gasteiger partial charge in [-0.25, -0.2) is 8.42 Å². The van der Waals surface area contributed by atoms with E-state index in [0.717, 1.165) is 6.26 Å². The van der Waals surface area contributed by atoms with Crippen LogP contribution >= 0.6 is 12.2 Å². The smallest absolute Gasteiger partial charge is 0.253 e. The lowest BCUT2D eigenvalue weighted by Gasteiger charge is -2.21. The summed E-state index contributed by atoms with van der Waals surface area (Å²) in [4.78, 5) is 14.2. The van der Waals surface area contributed by atoms with Crippen molar-refractivity contribution in [2.45, 2.75) is 11.8 Å². The lowest BCUT2D eigenvalue weighted by molar-refractivity contribution is 0.0786. The molecule has 2 N–H and O–H groups in total. The Kier molecular flexibility index (Phi) is 5.24. The molecule has 0 bridgehead atoms. The summed E-state index contributed by atoms with van der Waals surface area (Å²) in [6.07, 6.45) is 1.11. The first kappa shape index (κ1) is 16.6. The Morgan fingerprint density at radius 2 is 2.05 bits per heavy atom. The number of nitrogens with two attached hydrogens (primary N) is 1. The van der Waals surface area contributed by atoms with Crippen LogP contribution in [0, 0.1) is 5.92 Å². The number of sulfone groups is 1. The van der Waals surface area contributed by atoms with Crippen LogP contribution in [0.1, 0.15) is 17.3 Å². The number of benzene rings is 1. The fourth-order valence-corrected chi connectivity index (χ4v) is 2.41. The Morgan fingerprint density at radius 3 is 2.55 bits per heavy atom. The maximum atomic E-state index is 12.2. The molecular weight excluding hydrogens is 296 g/mol. The van der Waals surface area contributed by atoms with E-state index in [-0.39, 0.29) is 16.7 Å². The summed E-state index contributed by atoms with van der Waals surface area (Å²) in [5, 5.41) is 0. The van der Waals surface area contributed by atoms with E-state index in [1.807, 2.05) is 6.92 Å². The van der Waals surface area contributed by atoms with Gasteiger partial charge in [0.1, 0.15) is 0 Å². The Hall–Kier alpha value is -1.47. The van der Waals surface area contributed by atoms with E-state index in [0.29, 0.717) is 17.1 Å². The van der Waals surface area contributed by atoms with Gasteiger partial charge in [-0.15, -0.1) is 0 Å². The van der Waals surface area contributed by atoms with Crippen molar-refractivity contribution in [1.29, 1.82) is 0 Å². The Bertz CT molecular complexity index is 626. The van der Waals surface area contributed by atoms with Crippen LogP contribution in [0.3, 0.4) is 0 Å². The normalized spacial score (nSPS) is 12.8. The van der Waals surface area contributed by atoms with Crippen LogP contribution in [0.5, 0.6) is 0 Å². The van der Waals surface area contributed by atoms with Crippen molar-refractivity contribution in [2.24, 2.45) is 11.7 Å². The SMILES string of the molecule is CC(CN(C)C(=O)c1cccc(S(C)(=O)=O)c1)C(N)=S. The average Bonchev–Trinajstić information content (AvgIpc) is 2.36. The molecule has 7 heteroatoms. The molecule has 0 saturated heterocycles. The summed E-state index contributed by atoms with van der Waals surface area (Å²) in [6.45, 7) is 2.22. The van der Waals surface area contributed by atoms with Gasteiger partial charge in [0.2, 0.25) is 0 Å². The van der Waals surface area contributed by atoms with E-state index in [4.69, 9.17) is 18.0 Å². The second-order valence-electron chi connectivity index (χ2n) is 4.79. The molecule has 0 aliphatic heterocycles. The summed E-state index contributed by atoms with van der Waals surface area (Å²) < 4.78 is 23.0. The third-order valence-corrected chi connectivity index (χ3v) is 4.40. The molecule has 0 aromatic heterocycles. The Labute approximate surface area is 124 Å². The lowest BCUT2D eigenvalue weighted by Crippen LogP contribution is -2.35. The maximum absolute atomic E-state index is 12.2. The number of hydrogen-bond donors (Lipinski definition) is 1. The van der Waals surface area contributed by atoms with E-state index in [2.05, 4.69) is 0 Å². The van der Waals surface area contributed by atoms with Crippen LogP contribution in [0.15, 0.2) is 29.2 Å². The zero-order valence-electron chi connectivity index (χ0n) is 11.7.